The fourth-order valence-electron chi connectivity index (χ4n) is 3.40. The van der Waals surface area contributed by atoms with E-state index in [0.29, 0.717) is 12.5 Å². The van der Waals surface area contributed by atoms with Gasteiger partial charge in [0.25, 0.3) is 0 Å². The van der Waals surface area contributed by atoms with E-state index in [1.54, 1.807) is 12.5 Å². The minimum absolute atomic E-state index is 0.0399. The van der Waals surface area contributed by atoms with E-state index in [1.165, 1.54) is 0 Å². The van der Waals surface area contributed by atoms with E-state index in [4.69, 9.17) is 9.47 Å². The zero-order valence-corrected chi connectivity index (χ0v) is 14.0. The molecule has 0 radical (unpaired) electrons. The number of aromatic amines is 1. The maximum Gasteiger partial charge on any atom is 0.407 e. The molecule has 1 aromatic rings. The number of carbonyl (C=O) groups is 1. The van der Waals surface area contributed by atoms with Crippen LogP contribution < -0.4 is 10.6 Å². The van der Waals surface area contributed by atoms with Crippen molar-refractivity contribution in [1.82, 2.24) is 20.6 Å². The van der Waals surface area contributed by atoms with Crippen LogP contribution in [0.2, 0.25) is 0 Å². The monoisotopic (exact) mass is 322 g/mol. The molecule has 4 unspecified atom stereocenters. The lowest BCUT2D eigenvalue weighted by Gasteiger charge is -2.54. The van der Waals surface area contributed by atoms with Crippen molar-refractivity contribution in [2.45, 2.75) is 63.9 Å². The third kappa shape index (κ3) is 3.84. The Labute approximate surface area is 136 Å². The number of imidazole rings is 1. The van der Waals surface area contributed by atoms with Crippen molar-refractivity contribution in [2.24, 2.45) is 5.92 Å². The van der Waals surface area contributed by atoms with Gasteiger partial charge in [0.1, 0.15) is 5.60 Å². The Morgan fingerprint density at radius 1 is 1.48 bits per heavy atom. The Balaban J connectivity index is 1.59. The standard InChI is InChI=1S/C16H26N4O3/c1-16(2,3)23-15(21)20-12-11-5-4-6-22-14(11)13(12)18-8-10-7-17-9-19-10/h7,9,11-14,18H,4-6,8H2,1-3H3,(H,17,19)(H,20,21). The normalized spacial score (nSPS) is 30.2. The third-order valence-corrected chi connectivity index (χ3v) is 4.38. The van der Waals surface area contributed by atoms with Crippen molar-refractivity contribution in [1.29, 1.82) is 0 Å². The van der Waals surface area contributed by atoms with Crippen LogP contribution in [0.5, 0.6) is 0 Å². The van der Waals surface area contributed by atoms with Crippen LogP contribution in [0.25, 0.3) is 0 Å². The maximum absolute atomic E-state index is 12.1. The van der Waals surface area contributed by atoms with Gasteiger partial charge < -0.3 is 25.1 Å². The maximum atomic E-state index is 12.1. The number of nitrogens with one attached hydrogen (secondary N) is 3. The fourth-order valence-corrected chi connectivity index (χ4v) is 3.40. The molecule has 0 bridgehead atoms. The highest BCUT2D eigenvalue weighted by Crippen LogP contribution is 2.38. The van der Waals surface area contributed by atoms with Gasteiger partial charge in [-0.3, -0.25) is 0 Å². The number of carbonyl (C=O) groups excluding carboxylic acids is 1. The van der Waals surface area contributed by atoms with Gasteiger partial charge in [-0.25, -0.2) is 9.78 Å². The molecule has 3 N–H and O–H groups in total. The average Bonchev–Trinajstić information content (AvgIpc) is 2.97. The first-order chi connectivity index (χ1) is 10.9. The van der Waals surface area contributed by atoms with Gasteiger partial charge in [0.05, 0.1) is 24.5 Å². The molecule has 0 spiro atoms. The molecular formula is C16H26N4O3. The quantitative estimate of drug-likeness (QED) is 0.783. The molecule has 128 valence electrons. The van der Waals surface area contributed by atoms with E-state index in [0.717, 1.165) is 25.1 Å². The van der Waals surface area contributed by atoms with Crippen molar-refractivity contribution in [3.05, 3.63) is 18.2 Å². The van der Waals surface area contributed by atoms with E-state index in [2.05, 4.69) is 20.6 Å². The molecule has 23 heavy (non-hydrogen) atoms. The van der Waals surface area contributed by atoms with Crippen LogP contribution in [0.1, 0.15) is 39.3 Å². The summed E-state index contributed by atoms with van der Waals surface area (Å²) in [4.78, 5) is 19.2. The SMILES string of the molecule is CC(C)(C)OC(=O)NC1C2CCCOC2C1NCc1cnc[nH]1. The predicted molar refractivity (Wildman–Crippen MR) is 84.8 cm³/mol. The lowest BCUT2D eigenvalue weighted by Crippen LogP contribution is -2.73. The van der Waals surface area contributed by atoms with Crippen LogP contribution in [0.3, 0.4) is 0 Å². The number of ether oxygens (including phenoxy) is 2. The van der Waals surface area contributed by atoms with Crippen molar-refractivity contribution < 1.29 is 14.3 Å². The van der Waals surface area contributed by atoms with Crippen molar-refractivity contribution in [3.8, 4) is 0 Å². The number of nitrogens with zero attached hydrogens (tertiary/aromatic N) is 1. The Bertz CT molecular complexity index is 526. The molecular weight excluding hydrogens is 296 g/mol. The second-order valence-corrected chi connectivity index (χ2v) is 7.30. The summed E-state index contributed by atoms with van der Waals surface area (Å²) in [6, 6.07) is 0.134. The molecule has 7 heteroatoms. The topological polar surface area (TPSA) is 88.3 Å². The van der Waals surface area contributed by atoms with Crippen LogP contribution in [0.4, 0.5) is 4.79 Å². The molecule has 4 atom stereocenters. The fraction of sp³-hybridized carbons (Fsp3) is 0.750. The summed E-state index contributed by atoms with van der Waals surface area (Å²) in [5.74, 6) is 0.357. The van der Waals surface area contributed by atoms with Gasteiger partial charge >= 0.3 is 6.09 Å². The zero-order valence-electron chi connectivity index (χ0n) is 14.0. The summed E-state index contributed by atoms with van der Waals surface area (Å²) in [6.07, 6.45) is 5.37. The number of hydrogen-bond donors (Lipinski definition) is 3. The van der Waals surface area contributed by atoms with Crippen LogP contribution >= 0.6 is 0 Å². The summed E-state index contributed by atoms with van der Waals surface area (Å²) >= 11 is 0. The summed E-state index contributed by atoms with van der Waals surface area (Å²) in [7, 11) is 0. The lowest BCUT2D eigenvalue weighted by molar-refractivity contribution is -0.128. The van der Waals surface area contributed by atoms with Crippen molar-refractivity contribution in [2.75, 3.05) is 6.61 Å². The Morgan fingerprint density at radius 3 is 3.00 bits per heavy atom. The number of amides is 1. The van der Waals surface area contributed by atoms with E-state index in [9.17, 15) is 4.79 Å². The first-order valence-corrected chi connectivity index (χ1v) is 8.26. The van der Waals surface area contributed by atoms with Crippen LogP contribution in [0.15, 0.2) is 12.5 Å². The summed E-state index contributed by atoms with van der Waals surface area (Å²) in [6.45, 7) is 7.07. The number of alkyl carbamates (subject to hydrolysis) is 1. The number of H-pyrrole nitrogens is 1. The molecule has 2 aliphatic rings. The largest absolute Gasteiger partial charge is 0.444 e. The third-order valence-electron chi connectivity index (χ3n) is 4.38. The van der Waals surface area contributed by atoms with E-state index >= 15 is 0 Å². The van der Waals surface area contributed by atoms with E-state index in [-0.39, 0.29) is 24.3 Å². The van der Waals surface area contributed by atoms with E-state index < -0.39 is 5.60 Å². The second-order valence-electron chi connectivity index (χ2n) is 7.30. The average molecular weight is 322 g/mol. The molecule has 7 nitrogen and oxygen atoms in total. The molecule has 1 aliphatic heterocycles. The first kappa shape index (κ1) is 16.3. The Hall–Kier alpha value is -1.60. The number of aromatic nitrogens is 2. The first-order valence-electron chi connectivity index (χ1n) is 8.26. The molecule has 2 fully saturated rings. The van der Waals surface area contributed by atoms with Crippen LogP contribution in [0, 0.1) is 5.92 Å². The highest BCUT2D eigenvalue weighted by atomic mass is 16.6. The van der Waals surface area contributed by atoms with Gasteiger partial charge in [0, 0.05) is 31.0 Å². The Morgan fingerprint density at radius 2 is 2.30 bits per heavy atom. The van der Waals surface area contributed by atoms with Gasteiger partial charge in [-0.15, -0.1) is 0 Å². The molecule has 1 saturated carbocycles. The predicted octanol–water partition coefficient (Wildman–Crippen LogP) is 1.57. The highest BCUT2D eigenvalue weighted by Gasteiger charge is 2.53. The van der Waals surface area contributed by atoms with Crippen LogP contribution in [-0.2, 0) is 16.0 Å². The van der Waals surface area contributed by atoms with Gasteiger partial charge in [0.2, 0.25) is 0 Å². The lowest BCUT2D eigenvalue weighted by atomic mass is 9.68. The second kappa shape index (κ2) is 6.49. The zero-order chi connectivity index (χ0) is 16.4. The minimum atomic E-state index is -0.491. The minimum Gasteiger partial charge on any atom is -0.444 e. The summed E-state index contributed by atoms with van der Waals surface area (Å²) in [5.41, 5.74) is 0.523. The molecule has 0 aromatic carbocycles. The van der Waals surface area contributed by atoms with Gasteiger partial charge in [0.15, 0.2) is 0 Å². The number of rotatable bonds is 4. The molecule has 1 aliphatic carbocycles. The van der Waals surface area contributed by atoms with Crippen molar-refractivity contribution >= 4 is 6.09 Å². The van der Waals surface area contributed by atoms with Crippen LogP contribution in [-0.4, -0.2) is 46.5 Å². The number of hydrogen-bond acceptors (Lipinski definition) is 5. The van der Waals surface area contributed by atoms with Gasteiger partial charge in [-0.2, -0.15) is 0 Å². The van der Waals surface area contributed by atoms with Crippen molar-refractivity contribution in [3.63, 3.8) is 0 Å². The Kier molecular flexibility index (Phi) is 4.59. The molecule has 1 saturated heterocycles. The highest BCUT2D eigenvalue weighted by molar-refractivity contribution is 5.68. The molecule has 1 aromatic heterocycles. The smallest absolute Gasteiger partial charge is 0.407 e. The molecule has 1 amide bonds. The molecule has 3 rings (SSSR count). The molecule has 2 heterocycles. The summed E-state index contributed by atoms with van der Waals surface area (Å²) in [5, 5.41) is 6.50. The van der Waals surface area contributed by atoms with Gasteiger partial charge in [-0.1, -0.05) is 0 Å². The van der Waals surface area contributed by atoms with Gasteiger partial charge in [-0.05, 0) is 33.6 Å². The number of fused-ring (bicyclic) bond motifs is 1. The summed E-state index contributed by atoms with van der Waals surface area (Å²) < 4.78 is 11.3. The van der Waals surface area contributed by atoms with E-state index in [1.807, 2.05) is 20.8 Å².